The molecular formula is C26H28N4O2. The number of fused-ring (bicyclic) bond motifs is 1. The number of benzene rings is 3. The number of hydrogen-bond donors (Lipinski definition) is 3. The number of aryl methyl sites for hydroxylation is 2. The van der Waals surface area contributed by atoms with Crippen molar-refractivity contribution in [1.29, 1.82) is 0 Å². The molecule has 3 aromatic carbocycles. The topological polar surface area (TPSA) is 79.0 Å². The van der Waals surface area contributed by atoms with Gasteiger partial charge in [0.1, 0.15) is 11.6 Å². The number of aromatic nitrogens is 2. The van der Waals surface area contributed by atoms with Gasteiger partial charge in [-0.05, 0) is 61.9 Å². The number of rotatable bonds is 10. The van der Waals surface area contributed by atoms with Gasteiger partial charge >= 0.3 is 0 Å². The van der Waals surface area contributed by atoms with Crippen molar-refractivity contribution in [3.8, 4) is 5.75 Å². The summed E-state index contributed by atoms with van der Waals surface area (Å²) in [4.78, 5) is 20.1. The lowest BCUT2D eigenvalue weighted by Crippen LogP contribution is -2.20. The van der Waals surface area contributed by atoms with Gasteiger partial charge in [-0.2, -0.15) is 0 Å². The average molecular weight is 429 g/mol. The Bertz CT molecular complexity index is 1130. The molecule has 0 saturated carbocycles. The third-order valence-electron chi connectivity index (χ3n) is 5.14. The van der Waals surface area contributed by atoms with E-state index >= 15 is 0 Å². The van der Waals surface area contributed by atoms with Crippen molar-refractivity contribution in [1.82, 2.24) is 15.3 Å². The molecule has 3 N–H and O–H groups in total. The maximum Gasteiger partial charge on any atom is 0.262 e. The number of hydrogen-bond acceptors (Lipinski definition) is 4. The van der Waals surface area contributed by atoms with Gasteiger partial charge in [-0.1, -0.05) is 42.0 Å². The largest absolute Gasteiger partial charge is 0.484 e. The number of aromatic amines is 1. The Hall–Kier alpha value is -3.64. The maximum absolute atomic E-state index is 12.1. The number of amides is 1. The molecule has 4 aromatic rings. The number of ether oxygens (including phenoxy) is 1. The van der Waals surface area contributed by atoms with Gasteiger partial charge in [-0.15, -0.1) is 0 Å². The first-order valence-corrected chi connectivity index (χ1v) is 10.9. The van der Waals surface area contributed by atoms with Gasteiger partial charge in [0.05, 0.1) is 11.0 Å². The van der Waals surface area contributed by atoms with Crippen LogP contribution in [0.3, 0.4) is 0 Å². The van der Waals surface area contributed by atoms with E-state index in [0.717, 1.165) is 59.6 Å². The van der Waals surface area contributed by atoms with E-state index < -0.39 is 0 Å². The fourth-order valence-electron chi connectivity index (χ4n) is 3.47. The average Bonchev–Trinajstić information content (AvgIpc) is 3.22. The van der Waals surface area contributed by atoms with Crippen LogP contribution in [0.15, 0.2) is 72.8 Å². The summed E-state index contributed by atoms with van der Waals surface area (Å²) in [5.41, 5.74) is 5.13. The van der Waals surface area contributed by atoms with Gasteiger partial charge in [-0.3, -0.25) is 4.79 Å². The molecule has 0 bridgehead atoms. The molecule has 164 valence electrons. The summed E-state index contributed by atoms with van der Waals surface area (Å²) in [6, 6.07) is 23.6. The second-order valence-electron chi connectivity index (χ2n) is 7.83. The number of carbonyl (C=O) groups is 1. The molecule has 0 atom stereocenters. The zero-order chi connectivity index (χ0) is 22.2. The van der Waals surface area contributed by atoms with Crippen molar-refractivity contribution in [2.24, 2.45) is 0 Å². The molecule has 0 fully saturated rings. The Balaban J connectivity index is 1.17. The molecule has 4 rings (SSSR count). The van der Waals surface area contributed by atoms with Gasteiger partial charge in [-0.25, -0.2) is 4.98 Å². The number of carbonyl (C=O) groups excluding carboxylic acids is 1. The summed E-state index contributed by atoms with van der Waals surface area (Å²) in [6.07, 6.45) is 1.90. The van der Waals surface area contributed by atoms with Crippen molar-refractivity contribution >= 4 is 22.6 Å². The Morgan fingerprint density at radius 3 is 2.72 bits per heavy atom. The summed E-state index contributed by atoms with van der Waals surface area (Å²) >= 11 is 0. The lowest BCUT2D eigenvalue weighted by molar-refractivity contribution is -0.118. The van der Waals surface area contributed by atoms with E-state index in [1.54, 1.807) is 0 Å². The predicted octanol–water partition coefficient (Wildman–Crippen LogP) is 4.61. The minimum Gasteiger partial charge on any atom is -0.484 e. The molecule has 0 aliphatic heterocycles. The summed E-state index contributed by atoms with van der Waals surface area (Å²) in [5, 5.41) is 6.30. The molecule has 1 aromatic heterocycles. The second-order valence-corrected chi connectivity index (χ2v) is 7.83. The van der Waals surface area contributed by atoms with Crippen molar-refractivity contribution in [2.75, 3.05) is 18.5 Å². The van der Waals surface area contributed by atoms with Crippen molar-refractivity contribution in [2.45, 2.75) is 26.3 Å². The van der Waals surface area contributed by atoms with Gasteiger partial charge in [0.2, 0.25) is 0 Å². The minimum atomic E-state index is -0.178. The number of anilines is 1. The third-order valence-corrected chi connectivity index (χ3v) is 5.14. The number of nitrogens with one attached hydrogen (secondary N) is 3. The van der Waals surface area contributed by atoms with Gasteiger partial charge in [0.25, 0.3) is 5.91 Å². The normalized spacial score (nSPS) is 10.9. The Kier molecular flexibility index (Phi) is 7.15. The third kappa shape index (κ3) is 6.18. The van der Waals surface area contributed by atoms with Crippen molar-refractivity contribution in [3.05, 3.63) is 89.7 Å². The summed E-state index contributed by atoms with van der Waals surface area (Å²) in [6.45, 7) is 3.62. The zero-order valence-corrected chi connectivity index (χ0v) is 18.2. The van der Waals surface area contributed by atoms with Gasteiger partial charge in [0, 0.05) is 18.7 Å². The lowest BCUT2D eigenvalue weighted by Gasteiger charge is -2.10. The Morgan fingerprint density at radius 2 is 1.88 bits per heavy atom. The highest BCUT2D eigenvalue weighted by molar-refractivity contribution is 5.91. The van der Waals surface area contributed by atoms with Crippen molar-refractivity contribution < 1.29 is 9.53 Å². The SMILES string of the molecule is Cc1ccc(NC(=O)COc2cccc(CNCCCc3nc4ccccc4[nH]3)c2)cc1. The molecule has 1 amide bonds. The smallest absolute Gasteiger partial charge is 0.262 e. The van der Waals surface area contributed by atoms with Crippen LogP contribution in [0.2, 0.25) is 0 Å². The molecule has 1 heterocycles. The lowest BCUT2D eigenvalue weighted by atomic mass is 10.2. The first-order chi connectivity index (χ1) is 15.7. The number of H-pyrrole nitrogens is 1. The van der Waals surface area contributed by atoms with Crippen LogP contribution in [-0.4, -0.2) is 29.0 Å². The quantitative estimate of drug-likeness (QED) is 0.322. The van der Waals surface area contributed by atoms with Crippen LogP contribution in [0.1, 0.15) is 23.4 Å². The predicted molar refractivity (Wildman–Crippen MR) is 128 cm³/mol. The highest BCUT2D eigenvalue weighted by Crippen LogP contribution is 2.14. The van der Waals surface area contributed by atoms with E-state index in [2.05, 4.69) is 20.6 Å². The summed E-state index contributed by atoms with van der Waals surface area (Å²) < 4.78 is 5.67. The first-order valence-electron chi connectivity index (χ1n) is 10.9. The van der Waals surface area contributed by atoms with E-state index in [1.807, 2.05) is 79.7 Å². The summed E-state index contributed by atoms with van der Waals surface area (Å²) in [7, 11) is 0. The van der Waals surface area contributed by atoms with E-state index in [4.69, 9.17) is 4.74 Å². The van der Waals surface area contributed by atoms with Crippen LogP contribution in [0.4, 0.5) is 5.69 Å². The number of para-hydroxylation sites is 2. The molecule has 6 nitrogen and oxygen atoms in total. The maximum atomic E-state index is 12.1. The van der Waals surface area contributed by atoms with Crippen LogP contribution in [0.25, 0.3) is 11.0 Å². The Labute approximate surface area is 188 Å². The number of imidazole rings is 1. The highest BCUT2D eigenvalue weighted by Gasteiger charge is 2.05. The molecule has 0 saturated heterocycles. The second kappa shape index (κ2) is 10.6. The van der Waals surface area contributed by atoms with Crippen LogP contribution < -0.4 is 15.4 Å². The molecule has 0 spiro atoms. The molecule has 32 heavy (non-hydrogen) atoms. The van der Waals surface area contributed by atoms with Crippen molar-refractivity contribution in [3.63, 3.8) is 0 Å². The number of nitrogens with zero attached hydrogens (tertiary/aromatic N) is 1. The van der Waals surface area contributed by atoms with E-state index in [-0.39, 0.29) is 12.5 Å². The molecule has 0 unspecified atom stereocenters. The van der Waals surface area contributed by atoms with Crippen LogP contribution in [0.5, 0.6) is 5.75 Å². The molecule has 0 aliphatic carbocycles. The highest BCUT2D eigenvalue weighted by atomic mass is 16.5. The van der Waals surface area contributed by atoms with Crippen LogP contribution >= 0.6 is 0 Å². The Morgan fingerprint density at radius 1 is 1.03 bits per heavy atom. The van der Waals surface area contributed by atoms with Gasteiger partial charge in [0.15, 0.2) is 6.61 Å². The molecule has 0 aliphatic rings. The fourth-order valence-corrected chi connectivity index (χ4v) is 3.47. The van der Waals surface area contributed by atoms with Crippen LogP contribution in [-0.2, 0) is 17.8 Å². The standard InChI is InChI=1S/C26H28N4O2/c1-19-11-13-21(14-12-19)28-26(31)18-32-22-7-4-6-20(16-22)17-27-15-5-10-25-29-23-8-2-3-9-24(23)30-25/h2-4,6-9,11-14,16,27H,5,10,15,17-18H2,1H3,(H,28,31)(H,29,30). The fraction of sp³-hybridized carbons (Fsp3) is 0.231. The van der Waals surface area contributed by atoms with E-state index in [1.165, 1.54) is 0 Å². The van der Waals surface area contributed by atoms with E-state index in [9.17, 15) is 4.79 Å². The molecular weight excluding hydrogens is 400 g/mol. The van der Waals surface area contributed by atoms with E-state index in [0.29, 0.717) is 5.75 Å². The zero-order valence-electron chi connectivity index (χ0n) is 18.2. The first kappa shape index (κ1) is 21.6. The van der Waals surface area contributed by atoms with Crippen LogP contribution in [0, 0.1) is 6.92 Å². The minimum absolute atomic E-state index is 0.0255. The molecule has 0 radical (unpaired) electrons. The summed E-state index contributed by atoms with van der Waals surface area (Å²) in [5.74, 6) is 1.53. The van der Waals surface area contributed by atoms with Gasteiger partial charge < -0.3 is 20.4 Å². The monoisotopic (exact) mass is 428 g/mol. The molecule has 6 heteroatoms.